The maximum Gasteiger partial charge on any atom is 0.0597 e. The van der Waals surface area contributed by atoms with Gasteiger partial charge in [-0.15, -0.1) is 0 Å². The summed E-state index contributed by atoms with van der Waals surface area (Å²) in [6, 6.07) is 0.630. The molecule has 0 spiro atoms. The molecule has 0 radical (unpaired) electrons. The third kappa shape index (κ3) is 4.44. The van der Waals surface area contributed by atoms with Gasteiger partial charge in [0.05, 0.1) is 12.7 Å². The van der Waals surface area contributed by atoms with Gasteiger partial charge in [-0.1, -0.05) is 34.1 Å². The Bertz CT molecular complexity index is 264. The van der Waals surface area contributed by atoms with Gasteiger partial charge in [0.1, 0.15) is 0 Å². The molecule has 0 aromatic rings. The highest BCUT2D eigenvalue weighted by Gasteiger charge is 2.39. The number of hydrogen-bond acceptors (Lipinski definition) is 3. The van der Waals surface area contributed by atoms with Crippen molar-refractivity contribution in [1.29, 1.82) is 0 Å². The summed E-state index contributed by atoms with van der Waals surface area (Å²) >= 11 is 0. The second-order valence-corrected chi connectivity index (χ2v) is 6.67. The maximum atomic E-state index is 5.79. The van der Waals surface area contributed by atoms with Gasteiger partial charge in [-0.05, 0) is 32.6 Å². The fraction of sp³-hybridized carbons (Fsp3) is 1.00. The van der Waals surface area contributed by atoms with E-state index in [0.717, 1.165) is 32.2 Å². The summed E-state index contributed by atoms with van der Waals surface area (Å²) in [6.45, 7) is 17.7. The van der Waals surface area contributed by atoms with Gasteiger partial charge in [0.2, 0.25) is 0 Å². The van der Waals surface area contributed by atoms with Gasteiger partial charge < -0.3 is 10.1 Å². The molecule has 120 valence electrons. The van der Waals surface area contributed by atoms with E-state index < -0.39 is 0 Å². The second-order valence-electron chi connectivity index (χ2n) is 6.67. The molecule has 1 heterocycles. The zero-order valence-corrected chi connectivity index (χ0v) is 14.5. The van der Waals surface area contributed by atoms with Crippen LogP contribution in [0.25, 0.3) is 0 Å². The quantitative estimate of drug-likeness (QED) is 0.740. The lowest BCUT2D eigenvalue weighted by Crippen LogP contribution is -2.65. The number of piperazine rings is 1. The molecule has 1 fully saturated rings. The van der Waals surface area contributed by atoms with Crippen LogP contribution in [0.15, 0.2) is 0 Å². The Morgan fingerprint density at radius 2 is 1.85 bits per heavy atom. The molecule has 1 aliphatic rings. The molecule has 0 aromatic heterocycles. The topological polar surface area (TPSA) is 24.5 Å². The predicted octanol–water partition coefficient (Wildman–Crippen LogP) is 3.29. The molecule has 1 N–H and O–H groups in total. The molecule has 2 atom stereocenters. The third-order valence-corrected chi connectivity index (χ3v) is 5.24. The lowest BCUT2D eigenvalue weighted by Gasteiger charge is -2.51. The fourth-order valence-electron chi connectivity index (χ4n) is 3.27. The highest BCUT2D eigenvalue weighted by molar-refractivity contribution is 4.98. The summed E-state index contributed by atoms with van der Waals surface area (Å²) in [7, 11) is 0. The molecular formula is C17H36N2O. The molecule has 0 saturated carbocycles. The Kier molecular flexibility index (Phi) is 7.49. The van der Waals surface area contributed by atoms with Crippen molar-refractivity contribution in [2.24, 2.45) is 5.92 Å². The lowest BCUT2D eigenvalue weighted by atomic mass is 9.84. The van der Waals surface area contributed by atoms with E-state index >= 15 is 0 Å². The minimum absolute atomic E-state index is 0.324. The Balaban J connectivity index is 2.67. The fourth-order valence-corrected chi connectivity index (χ4v) is 3.27. The van der Waals surface area contributed by atoms with Crippen LogP contribution in [0.5, 0.6) is 0 Å². The first-order valence-corrected chi connectivity index (χ1v) is 8.59. The first-order chi connectivity index (χ1) is 9.49. The number of rotatable bonds is 8. The van der Waals surface area contributed by atoms with E-state index in [4.69, 9.17) is 4.74 Å². The summed E-state index contributed by atoms with van der Waals surface area (Å²) in [5.41, 5.74) is 0.324. The maximum absolute atomic E-state index is 5.79. The van der Waals surface area contributed by atoms with E-state index in [-0.39, 0.29) is 0 Å². The lowest BCUT2D eigenvalue weighted by molar-refractivity contribution is -0.0140. The summed E-state index contributed by atoms with van der Waals surface area (Å²) in [4.78, 5) is 2.70. The van der Waals surface area contributed by atoms with Crippen LogP contribution in [0, 0.1) is 5.92 Å². The summed E-state index contributed by atoms with van der Waals surface area (Å²) < 4.78 is 5.79. The molecular weight excluding hydrogens is 248 g/mol. The molecule has 0 bridgehead atoms. The van der Waals surface area contributed by atoms with E-state index in [2.05, 4.69) is 51.8 Å². The van der Waals surface area contributed by atoms with Gasteiger partial charge in [0.15, 0.2) is 0 Å². The molecule has 3 nitrogen and oxygen atoms in total. The summed E-state index contributed by atoms with van der Waals surface area (Å²) in [6.07, 6.45) is 4.01. The molecule has 20 heavy (non-hydrogen) atoms. The highest BCUT2D eigenvalue weighted by Crippen LogP contribution is 2.28. The van der Waals surface area contributed by atoms with Gasteiger partial charge in [0, 0.05) is 31.2 Å². The molecule has 2 unspecified atom stereocenters. The van der Waals surface area contributed by atoms with Crippen molar-refractivity contribution in [2.45, 2.75) is 78.5 Å². The van der Waals surface area contributed by atoms with Crippen molar-refractivity contribution in [1.82, 2.24) is 10.2 Å². The standard InChI is InChI=1S/C17H36N2O/c1-7-15(6)16-12-19(10-11-20-14(4)5)17(8-2,9-3)13-18-16/h14-16,18H,7-13H2,1-6H3. The minimum atomic E-state index is 0.324. The van der Waals surface area contributed by atoms with Crippen LogP contribution in [0.3, 0.4) is 0 Å². The van der Waals surface area contributed by atoms with E-state index in [1.54, 1.807) is 0 Å². The molecule has 1 saturated heterocycles. The molecule has 1 rings (SSSR count). The van der Waals surface area contributed by atoms with E-state index in [9.17, 15) is 0 Å². The van der Waals surface area contributed by atoms with Crippen molar-refractivity contribution in [2.75, 3.05) is 26.2 Å². The van der Waals surface area contributed by atoms with E-state index in [1.807, 2.05) is 0 Å². The van der Waals surface area contributed by atoms with Crippen LogP contribution >= 0.6 is 0 Å². The van der Waals surface area contributed by atoms with Crippen LogP contribution in [0.1, 0.15) is 60.8 Å². The van der Waals surface area contributed by atoms with Crippen molar-refractivity contribution < 1.29 is 4.74 Å². The van der Waals surface area contributed by atoms with Gasteiger partial charge >= 0.3 is 0 Å². The van der Waals surface area contributed by atoms with Crippen molar-refractivity contribution >= 4 is 0 Å². The SMILES string of the molecule is CCC(C)C1CN(CCOC(C)C)C(CC)(CC)CN1. The average Bonchev–Trinajstić information content (AvgIpc) is 2.46. The monoisotopic (exact) mass is 284 g/mol. The van der Waals surface area contributed by atoms with Gasteiger partial charge in [-0.2, -0.15) is 0 Å². The minimum Gasteiger partial charge on any atom is -0.377 e. The molecule has 3 heteroatoms. The number of ether oxygens (including phenoxy) is 1. The van der Waals surface area contributed by atoms with Crippen LogP contribution in [0.4, 0.5) is 0 Å². The zero-order valence-electron chi connectivity index (χ0n) is 14.5. The normalized spacial score (nSPS) is 25.1. The van der Waals surface area contributed by atoms with Crippen LogP contribution in [0.2, 0.25) is 0 Å². The Labute approximate surface area is 126 Å². The first-order valence-electron chi connectivity index (χ1n) is 8.59. The summed E-state index contributed by atoms with van der Waals surface area (Å²) in [5, 5.41) is 3.81. The van der Waals surface area contributed by atoms with E-state index in [0.29, 0.717) is 17.7 Å². The molecule has 0 aromatic carbocycles. The molecule has 1 aliphatic heterocycles. The van der Waals surface area contributed by atoms with Crippen molar-refractivity contribution in [3.8, 4) is 0 Å². The Hall–Kier alpha value is -0.120. The van der Waals surface area contributed by atoms with E-state index in [1.165, 1.54) is 19.3 Å². The van der Waals surface area contributed by atoms with Gasteiger partial charge in [-0.3, -0.25) is 4.90 Å². The van der Waals surface area contributed by atoms with Gasteiger partial charge in [-0.25, -0.2) is 0 Å². The van der Waals surface area contributed by atoms with Crippen molar-refractivity contribution in [3.63, 3.8) is 0 Å². The smallest absolute Gasteiger partial charge is 0.0597 e. The molecule has 0 amide bonds. The second kappa shape index (κ2) is 8.35. The predicted molar refractivity (Wildman–Crippen MR) is 87.2 cm³/mol. The van der Waals surface area contributed by atoms with Crippen LogP contribution in [-0.4, -0.2) is 48.8 Å². The Morgan fingerprint density at radius 3 is 2.35 bits per heavy atom. The number of hydrogen-bond donors (Lipinski definition) is 1. The van der Waals surface area contributed by atoms with Gasteiger partial charge in [0.25, 0.3) is 0 Å². The zero-order chi connectivity index (χ0) is 15.2. The summed E-state index contributed by atoms with van der Waals surface area (Å²) in [5.74, 6) is 0.746. The first kappa shape index (κ1) is 17.9. The van der Waals surface area contributed by atoms with Crippen LogP contribution in [-0.2, 0) is 4.74 Å². The number of nitrogens with one attached hydrogen (secondary N) is 1. The van der Waals surface area contributed by atoms with Crippen LogP contribution < -0.4 is 5.32 Å². The molecule has 0 aliphatic carbocycles. The largest absolute Gasteiger partial charge is 0.377 e. The van der Waals surface area contributed by atoms with Crippen molar-refractivity contribution in [3.05, 3.63) is 0 Å². The third-order valence-electron chi connectivity index (χ3n) is 5.24. The average molecular weight is 284 g/mol. The Morgan fingerprint density at radius 1 is 1.20 bits per heavy atom. The number of nitrogens with zero attached hydrogens (tertiary/aromatic N) is 1. The highest BCUT2D eigenvalue weighted by atomic mass is 16.5.